The van der Waals surface area contributed by atoms with Gasteiger partial charge in [-0.05, 0) is 19.1 Å². The van der Waals surface area contributed by atoms with Gasteiger partial charge in [0.05, 0.1) is 13.1 Å². The minimum absolute atomic E-state index is 0.559. The van der Waals surface area contributed by atoms with E-state index in [1.54, 1.807) is 0 Å². The summed E-state index contributed by atoms with van der Waals surface area (Å²) in [6, 6.07) is 10.5. The Labute approximate surface area is 144 Å². The molecule has 0 saturated carbocycles. The summed E-state index contributed by atoms with van der Waals surface area (Å²) in [7, 11) is 0. The molecule has 4 rings (SSSR count). The van der Waals surface area contributed by atoms with E-state index in [4.69, 9.17) is 9.73 Å². The topological polar surface area (TPSA) is 52.1 Å². The number of benzene rings is 1. The van der Waals surface area contributed by atoms with E-state index in [2.05, 4.69) is 27.4 Å². The Hall–Kier alpha value is -1.79. The van der Waals surface area contributed by atoms with Crippen molar-refractivity contribution in [3.63, 3.8) is 0 Å². The first-order valence-corrected chi connectivity index (χ1v) is 9.01. The van der Waals surface area contributed by atoms with Crippen LogP contribution in [0.25, 0.3) is 0 Å². The minimum atomic E-state index is 0.559. The van der Waals surface area contributed by atoms with Gasteiger partial charge >= 0.3 is 0 Å². The van der Waals surface area contributed by atoms with Gasteiger partial charge in [0.2, 0.25) is 0 Å². The molecule has 1 atom stereocenters. The molecule has 1 aromatic carbocycles. The molecule has 0 radical (unpaired) electrons. The quantitative estimate of drug-likeness (QED) is 0.436. The predicted molar refractivity (Wildman–Crippen MR) is 97.7 cm³/mol. The Morgan fingerprint density at radius 3 is 2.62 bits per heavy atom. The molecule has 3 fully saturated rings. The minimum Gasteiger partial charge on any atom is -0.492 e. The first-order valence-electron chi connectivity index (χ1n) is 9.01. The molecule has 1 unspecified atom stereocenters. The Balaban J connectivity index is 1.42. The summed E-state index contributed by atoms with van der Waals surface area (Å²) in [6.45, 7) is 11.1. The SMILES string of the molecule is CCNC(=NCC1CN2CCN1CC2)NCCOc1ccccc1. The van der Waals surface area contributed by atoms with E-state index in [9.17, 15) is 0 Å². The largest absolute Gasteiger partial charge is 0.492 e. The molecule has 6 nitrogen and oxygen atoms in total. The lowest BCUT2D eigenvalue weighted by atomic mass is 10.1. The molecule has 0 spiro atoms. The van der Waals surface area contributed by atoms with Crippen molar-refractivity contribution in [1.82, 2.24) is 20.4 Å². The number of piperazine rings is 3. The Bertz CT molecular complexity index is 513. The fourth-order valence-corrected chi connectivity index (χ4v) is 3.29. The van der Waals surface area contributed by atoms with Gasteiger partial charge in [-0.2, -0.15) is 0 Å². The number of para-hydroxylation sites is 1. The molecule has 2 bridgehead atoms. The van der Waals surface area contributed by atoms with Crippen LogP contribution in [0.3, 0.4) is 0 Å². The zero-order chi connectivity index (χ0) is 16.6. The van der Waals surface area contributed by atoms with Crippen LogP contribution in [0, 0.1) is 0 Å². The Morgan fingerprint density at radius 2 is 1.96 bits per heavy atom. The maximum absolute atomic E-state index is 5.71. The van der Waals surface area contributed by atoms with Crippen LogP contribution in [-0.4, -0.2) is 80.8 Å². The van der Waals surface area contributed by atoms with Crippen molar-refractivity contribution in [1.29, 1.82) is 0 Å². The molecule has 0 aromatic heterocycles. The first-order chi connectivity index (χ1) is 11.8. The second-order valence-corrected chi connectivity index (χ2v) is 6.30. The number of aliphatic imine (C=N–C) groups is 1. The van der Waals surface area contributed by atoms with E-state index in [1.807, 2.05) is 30.3 Å². The van der Waals surface area contributed by atoms with Gasteiger partial charge in [-0.3, -0.25) is 14.8 Å². The summed E-state index contributed by atoms with van der Waals surface area (Å²) in [5, 5.41) is 6.67. The highest BCUT2D eigenvalue weighted by atomic mass is 16.5. The van der Waals surface area contributed by atoms with Crippen molar-refractivity contribution < 1.29 is 4.74 Å². The van der Waals surface area contributed by atoms with Crippen LogP contribution in [0.15, 0.2) is 35.3 Å². The van der Waals surface area contributed by atoms with Crippen LogP contribution >= 0.6 is 0 Å². The van der Waals surface area contributed by atoms with Crippen LogP contribution in [0.1, 0.15) is 6.92 Å². The van der Waals surface area contributed by atoms with Crippen LogP contribution in [-0.2, 0) is 0 Å². The number of hydrogen-bond acceptors (Lipinski definition) is 4. The molecule has 3 aliphatic rings. The summed E-state index contributed by atoms with van der Waals surface area (Å²) in [6.07, 6.45) is 0. The van der Waals surface area contributed by atoms with E-state index < -0.39 is 0 Å². The number of rotatable bonds is 7. The number of guanidine groups is 1. The molecule has 6 heteroatoms. The van der Waals surface area contributed by atoms with Crippen molar-refractivity contribution >= 4 is 5.96 Å². The van der Waals surface area contributed by atoms with Gasteiger partial charge in [0.15, 0.2) is 5.96 Å². The van der Waals surface area contributed by atoms with Crippen molar-refractivity contribution in [2.24, 2.45) is 4.99 Å². The normalized spacial score (nSPS) is 26.2. The Kier molecular flexibility index (Phi) is 6.32. The standard InChI is InChI=1S/C18H29N5O/c1-2-19-18(20-8-13-24-17-6-4-3-5-7-17)21-14-16-15-22-9-11-23(16)12-10-22/h3-7,16H,2,8-15H2,1H3,(H2,19,20,21). The average Bonchev–Trinajstić information content (AvgIpc) is 2.65. The second-order valence-electron chi connectivity index (χ2n) is 6.30. The van der Waals surface area contributed by atoms with E-state index in [-0.39, 0.29) is 0 Å². The zero-order valence-electron chi connectivity index (χ0n) is 14.6. The second kappa shape index (κ2) is 8.89. The fraction of sp³-hybridized carbons (Fsp3) is 0.611. The lowest BCUT2D eigenvalue weighted by Crippen LogP contribution is -2.62. The fourth-order valence-electron chi connectivity index (χ4n) is 3.29. The zero-order valence-corrected chi connectivity index (χ0v) is 14.6. The highest BCUT2D eigenvalue weighted by Gasteiger charge is 2.31. The molecular formula is C18H29N5O. The lowest BCUT2D eigenvalue weighted by Gasteiger charge is -2.47. The van der Waals surface area contributed by atoms with Gasteiger partial charge in [0.25, 0.3) is 0 Å². The summed E-state index contributed by atoms with van der Waals surface area (Å²) in [5.74, 6) is 1.79. The third kappa shape index (κ3) is 4.85. The maximum Gasteiger partial charge on any atom is 0.191 e. The molecule has 3 aliphatic heterocycles. The molecule has 2 N–H and O–H groups in total. The lowest BCUT2D eigenvalue weighted by molar-refractivity contribution is 0.0174. The first kappa shape index (κ1) is 17.0. The smallest absolute Gasteiger partial charge is 0.191 e. The molecular weight excluding hydrogens is 302 g/mol. The summed E-state index contributed by atoms with van der Waals surface area (Å²) in [5.41, 5.74) is 0. The summed E-state index contributed by atoms with van der Waals surface area (Å²) < 4.78 is 5.71. The summed E-state index contributed by atoms with van der Waals surface area (Å²) in [4.78, 5) is 9.90. The number of nitrogens with zero attached hydrogens (tertiary/aromatic N) is 3. The van der Waals surface area contributed by atoms with Gasteiger partial charge in [-0.25, -0.2) is 0 Å². The van der Waals surface area contributed by atoms with E-state index >= 15 is 0 Å². The van der Waals surface area contributed by atoms with Gasteiger partial charge < -0.3 is 15.4 Å². The molecule has 24 heavy (non-hydrogen) atoms. The third-order valence-corrected chi connectivity index (χ3v) is 4.60. The van der Waals surface area contributed by atoms with E-state index in [0.29, 0.717) is 12.6 Å². The number of nitrogens with one attached hydrogen (secondary N) is 2. The molecule has 3 saturated heterocycles. The van der Waals surface area contributed by atoms with E-state index in [1.165, 1.54) is 26.2 Å². The molecule has 0 aliphatic carbocycles. The van der Waals surface area contributed by atoms with Gasteiger partial charge in [0.1, 0.15) is 12.4 Å². The number of ether oxygens (including phenoxy) is 1. The van der Waals surface area contributed by atoms with Gasteiger partial charge in [-0.1, -0.05) is 18.2 Å². The molecule has 3 heterocycles. The maximum atomic E-state index is 5.71. The van der Waals surface area contributed by atoms with Crippen LogP contribution in [0.2, 0.25) is 0 Å². The molecule has 0 amide bonds. The highest BCUT2D eigenvalue weighted by Crippen LogP contribution is 2.15. The number of fused-ring (bicyclic) bond motifs is 3. The van der Waals surface area contributed by atoms with E-state index in [0.717, 1.165) is 37.9 Å². The number of hydrogen-bond donors (Lipinski definition) is 2. The van der Waals surface area contributed by atoms with Crippen LogP contribution in [0.4, 0.5) is 0 Å². The summed E-state index contributed by atoms with van der Waals surface area (Å²) >= 11 is 0. The van der Waals surface area contributed by atoms with Crippen molar-refractivity contribution in [2.75, 3.05) is 59.0 Å². The Morgan fingerprint density at radius 1 is 1.17 bits per heavy atom. The van der Waals surface area contributed by atoms with Gasteiger partial charge in [-0.15, -0.1) is 0 Å². The van der Waals surface area contributed by atoms with Crippen LogP contribution < -0.4 is 15.4 Å². The third-order valence-electron chi connectivity index (χ3n) is 4.60. The molecule has 1 aromatic rings. The van der Waals surface area contributed by atoms with Crippen molar-refractivity contribution in [2.45, 2.75) is 13.0 Å². The highest BCUT2D eigenvalue weighted by molar-refractivity contribution is 5.79. The average molecular weight is 331 g/mol. The van der Waals surface area contributed by atoms with Crippen molar-refractivity contribution in [3.8, 4) is 5.75 Å². The molecule has 132 valence electrons. The van der Waals surface area contributed by atoms with Gasteiger partial charge in [0, 0.05) is 45.3 Å². The monoisotopic (exact) mass is 331 g/mol. The van der Waals surface area contributed by atoms with Crippen LogP contribution in [0.5, 0.6) is 5.75 Å². The van der Waals surface area contributed by atoms with Crippen molar-refractivity contribution in [3.05, 3.63) is 30.3 Å². The predicted octanol–water partition coefficient (Wildman–Crippen LogP) is 0.620.